The smallest absolute Gasteiger partial charge is 0.343 e. The maximum Gasteiger partial charge on any atom is 0.343 e. The molecule has 0 fully saturated rings. The fraction of sp³-hybridized carbons (Fsp3) is 0.571. The molecule has 19 heavy (non-hydrogen) atoms. The summed E-state index contributed by atoms with van der Waals surface area (Å²) >= 11 is 5.86. The van der Waals surface area contributed by atoms with Crippen molar-refractivity contribution >= 4 is 17.6 Å². The molecule has 1 aromatic heterocycles. The van der Waals surface area contributed by atoms with E-state index < -0.39 is 5.97 Å². The van der Waals surface area contributed by atoms with Crippen molar-refractivity contribution in [2.24, 2.45) is 0 Å². The number of hydrogen-bond donors (Lipinski definition) is 0. The van der Waals surface area contributed by atoms with Crippen LogP contribution in [0.2, 0.25) is 5.02 Å². The van der Waals surface area contributed by atoms with Crippen LogP contribution in [0, 0.1) is 0 Å². The van der Waals surface area contributed by atoms with Gasteiger partial charge in [-0.2, -0.15) is 0 Å². The van der Waals surface area contributed by atoms with Crippen LogP contribution in [0.5, 0.6) is 5.88 Å². The van der Waals surface area contributed by atoms with E-state index in [1.165, 1.54) is 12.3 Å². The summed E-state index contributed by atoms with van der Waals surface area (Å²) in [5, 5.41) is 0.394. The lowest BCUT2D eigenvalue weighted by molar-refractivity contribution is 0.0494. The third-order valence-electron chi connectivity index (χ3n) is 2.51. The van der Waals surface area contributed by atoms with Crippen LogP contribution in [0.1, 0.15) is 49.9 Å². The first kappa shape index (κ1) is 15.8. The molecular weight excluding hydrogens is 266 g/mol. The molecule has 1 aromatic rings. The maximum absolute atomic E-state index is 11.9. The average molecular weight is 286 g/mol. The molecule has 0 amide bonds. The number of halogens is 1. The van der Waals surface area contributed by atoms with Crippen molar-refractivity contribution in [3.63, 3.8) is 0 Å². The minimum atomic E-state index is -0.435. The maximum atomic E-state index is 11.9. The summed E-state index contributed by atoms with van der Waals surface area (Å²) in [6.07, 6.45) is 5.21. The van der Waals surface area contributed by atoms with E-state index >= 15 is 0 Å². The molecule has 0 aromatic carbocycles. The Balaban J connectivity index is 2.72. The molecule has 0 spiro atoms. The summed E-state index contributed by atoms with van der Waals surface area (Å²) < 4.78 is 10.6. The summed E-state index contributed by atoms with van der Waals surface area (Å²) in [6.45, 7) is 5.03. The van der Waals surface area contributed by atoms with Crippen LogP contribution in [-0.4, -0.2) is 24.2 Å². The fourth-order valence-corrected chi connectivity index (χ4v) is 1.55. The van der Waals surface area contributed by atoms with Gasteiger partial charge in [-0.25, -0.2) is 9.78 Å². The molecule has 0 atom stereocenters. The van der Waals surface area contributed by atoms with E-state index in [0.717, 1.165) is 25.7 Å². The topological polar surface area (TPSA) is 48.4 Å². The third kappa shape index (κ3) is 5.47. The molecule has 106 valence electrons. The molecule has 0 bridgehead atoms. The Morgan fingerprint density at radius 3 is 2.63 bits per heavy atom. The van der Waals surface area contributed by atoms with E-state index in [1.54, 1.807) is 0 Å². The number of pyridine rings is 1. The van der Waals surface area contributed by atoms with Crippen molar-refractivity contribution in [2.75, 3.05) is 13.2 Å². The quantitative estimate of drug-likeness (QED) is 0.537. The molecule has 0 unspecified atom stereocenters. The number of carbonyl (C=O) groups is 1. The molecule has 4 nitrogen and oxygen atoms in total. The number of ether oxygens (including phenoxy) is 2. The summed E-state index contributed by atoms with van der Waals surface area (Å²) in [5.41, 5.74) is 0.291. The minimum absolute atomic E-state index is 0.291. The number of carbonyl (C=O) groups excluding carboxylic acids is 1. The van der Waals surface area contributed by atoms with E-state index in [0.29, 0.717) is 29.7 Å². The first-order valence-corrected chi connectivity index (χ1v) is 7.02. The van der Waals surface area contributed by atoms with Crippen LogP contribution in [-0.2, 0) is 4.74 Å². The van der Waals surface area contributed by atoms with Crippen molar-refractivity contribution in [3.8, 4) is 5.88 Å². The van der Waals surface area contributed by atoms with Crippen LogP contribution in [0.25, 0.3) is 0 Å². The third-order valence-corrected chi connectivity index (χ3v) is 2.71. The SMILES string of the molecule is CCCCOC(=O)c1cc(Cl)cnc1OCCCC. The Morgan fingerprint density at radius 2 is 1.95 bits per heavy atom. The fourth-order valence-electron chi connectivity index (χ4n) is 1.39. The molecule has 1 rings (SSSR count). The summed E-state index contributed by atoms with van der Waals surface area (Å²) in [7, 11) is 0. The van der Waals surface area contributed by atoms with Gasteiger partial charge in [-0.3, -0.25) is 0 Å². The van der Waals surface area contributed by atoms with Crippen molar-refractivity contribution in [2.45, 2.75) is 39.5 Å². The van der Waals surface area contributed by atoms with E-state index in [-0.39, 0.29) is 0 Å². The molecule has 5 heteroatoms. The van der Waals surface area contributed by atoms with Crippen molar-refractivity contribution < 1.29 is 14.3 Å². The highest BCUT2D eigenvalue weighted by atomic mass is 35.5. The van der Waals surface area contributed by atoms with E-state index in [2.05, 4.69) is 11.9 Å². The van der Waals surface area contributed by atoms with Gasteiger partial charge in [-0.05, 0) is 18.9 Å². The number of aromatic nitrogens is 1. The van der Waals surface area contributed by atoms with E-state index in [1.807, 2.05) is 6.92 Å². The monoisotopic (exact) mass is 285 g/mol. The molecule has 1 heterocycles. The van der Waals surface area contributed by atoms with E-state index in [9.17, 15) is 4.79 Å². The van der Waals surface area contributed by atoms with Crippen molar-refractivity contribution in [3.05, 3.63) is 22.8 Å². The second-order valence-corrected chi connectivity index (χ2v) is 4.63. The second-order valence-electron chi connectivity index (χ2n) is 4.20. The largest absolute Gasteiger partial charge is 0.477 e. The van der Waals surface area contributed by atoms with Gasteiger partial charge in [-0.1, -0.05) is 38.3 Å². The van der Waals surface area contributed by atoms with Gasteiger partial charge in [0, 0.05) is 6.20 Å². The van der Waals surface area contributed by atoms with Gasteiger partial charge in [0.1, 0.15) is 5.56 Å². The lowest BCUT2D eigenvalue weighted by Crippen LogP contribution is -2.10. The van der Waals surface area contributed by atoms with E-state index in [4.69, 9.17) is 21.1 Å². The number of esters is 1. The van der Waals surface area contributed by atoms with Crippen LogP contribution in [0.3, 0.4) is 0 Å². The number of unbranched alkanes of at least 4 members (excludes halogenated alkanes) is 2. The molecule has 0 aliphatic heterocycles. The zero-order chi connectivity index (χ0) is 14.1. The van der Waals surface area contributed by atoms with Crippen LogP contribution >= 0.6 is 11.6 Å². The number of rotatable bonds is 8. The van der Waals surface area contributed by atoms with Gasteiger partial charge in [0.2, 0.25) is 5.88 Å². The summed E-state index contributed by atoms with van der Waals surface area (Å²) in [4.78, 5) is 16.0. The lowest BCUT2D eigenvalue weighted by Gasteiger charge is -2.10. The van der Waals surface area contributed by atoms with Gasteiger partial charge >= 0.3 is 5.97 Å². The zero-order valence-corrected chi connectivity index (χ0v) is 12.2. The van der Waals surface area contributed by atoms with Gasteiger partial charge in [0.25, 0.3) is 0 Å². The van der Waals surface area contributed by atoms with Crippen molar-refractivity contribution in [1.29, 1.82) is 0 Å². The second kappa shape index (κ2) is 8.75. The van der Waals surface area contributed by atoms with Gasteiger partial charge in [0.15, 0.2) is 0 Å². The molecule has 0 aliphatic rings. The van der Waals surface area contributed by atoms with Crippen LogP contribution in [0.15, 0.2) is 12.3 Å². The average Bonchev–Trinajstić information content (AvgIpc) is 2.40. The Labute approximate surface area is 119 Å². The lowest BCUT2D eigenvalue weighted by atomic mass is 10.2. The summed E-state index contributed by atoms with van der Waals surface area (Å²) in [6, 6.07) is 1.53. The molecule has 0 saturated carbocycles. The Morgan fingerprint density at radius 1 is 1.26 bits per heavy atom. The highest BCUT2D eigenvalue weighted by Gasteiger charge is 2.16. The zero-order valence-electron chi connectivity index (χ0n) is 11.4. The first-order chi connectivity index (χ1) is 9.19. The molecular formula is C14H20ClNO3. The van der Waals surface area contributed by atoms with Crippen LogP contribution in [0.4, 0.5) is 0 Å². The minimum Gasteiger partial charge on any atom is -0.477 e. The molecule has 0 N–H and O–H groups in total. The van der Waals surface area contributed by atoms with Crippen LogP contribution < -0.4 is 4.74 Å². The standard InChI is InChI=1S/C14H20ClNO3/c1-3-5-7-18-13-12(9-11(15)10-16-13)14(17)19-8-6-4-2/h9-10H,3-8H2,1-2H3. The van der Waals surface area contributed by atoms with Gasteiger partial charge < -0.3 is 9.47 Å². The Bertz CT molecular complexity index is 410. The highest BCUT2D eigenvalue weighted by molar-refractivity contribution is 6.30. The predicted octanol–water partition coefficient (Wildman–Crippen LogP) is 3.87. The van der Waals surface area contributed by atoms with Gasteiger partial charge in [-0.15, -0.1) is 0 Å². The first-order valence-electron chi connectivity index (χ1n) is 6.64. The Kier molecular flexibility index (Phi) is 7.26. The molecule has 0 saturated heterocycles. The number of hydrogen-bond acceptors (Lipinski definition) is 4. The van der Waals surface area contributed by atoms with Crippen molar-refractivity contribution in [1.82, 2.24) is 4.98 Å². The predicted molar refractivity (Wildman–Crippen MR) is 74.8 cm³/mol. The molecule has 0 radical (unpaired) electrons. The Hall–Kier alpha value is -1.29. The number of nitrogens with zero attached hydrogens (tertiary/aromatic N) is 1. The molecule has 0 aliphatic carbocycles. The highest BCUT2D eigenvalue weighted by Crippen LogP contribution is 2.21. The van der Waals surface area contributed by atoms with Gasteiger partial charge in [0.05, 0.1) is 18.2 Å². The summed E-state index contributed by atoms with van der Waals surface area (Å²) in [5.74, 6) is -0.144. The normalized spacial score (nSPS) is 10.3.